The largest absolute Gasteiger partial charge is 0.472 e. The molecule has 0 radical (unpaired) electrons. The summed E-state index contributed by atoms with van der Waals surface area (Å²) in [5.74, 6) is 1.68. The monoisotopic (exact) mass is 389 g/mol. The number of imidazole rings is 1. The van der Waals surface area contributed by atoms with E-state index in [2.05, 4.69) is 47.3 Å². The number of nitrogens with zero attached hydrogens (tertiary/aromatic N) is 4. The maximum Gasteiger partial charge on any atom is 0.223 e. The Bertz CT molecular complexity index is 1000. The molecule has 29 heavy (non-hydrogen) atoms. The van der Waals surface area contributed by atoms with Crippen LogP contribution >= 0.6 is 0 Å². The zero-order valence-electron chi connectivity index (χ0n) is 16.8. The van der Waals surface area contributed by atoms with Crippen LogP contribution in [0, 0.1) is 0 Å². The lowest BCUT2D eigenvalue weighted by molar-refractivity contribution is 0.290. The van der Waals surface area contributed by atoms with Crippen molar-refractivity contribution in [3.63, 3.8) is 0 Å². The minimum Gasteiger partial charge on any atom is -0.472 e. The van der Waals surface area contributed by atoms with Gasteiger partial charge in [-0.3, -0.25) is 0 Å². The van der Waals surface area contributed by atoms with Gasteiger partial charge in [0.05, 0.1) is 6.33 Å². The summed E-state index contributed by atoms with van der Waals surface area (Å²) in [6.07, 6.45) is 11.3. The average molecular weight is 390 g/mol. The summed E-state index contributed by atoms with van der Waals surface area (Å²) in [5.41, 5.74) is 10.8. The van der Waals surface area contributed by atoms with Gasteiger partial charge in [-0.2, -0.15) is 4.98 Å². The third kappa shape index (κ3) is 3.49. The predicted octanol–water partition coefficient (Wildman–Crippen LogP) is 3.92. The first-order valence-electron chi connectivity index (χ1n) is 10.4. The van der Waals surface area contributed by atoms with E-state index in [1.165, 1.54) is 30.4 Å². The quantitative estimate of drug-likeness (QED) is 0.688. The molecule has 1 aliphatic carbocycles. The summed E-state index contributed by atoms with van der Waals surface area (Å²) in [6, 6.07) is 11.4. The van der Waals surface area contributed by atoms with Gasteiger partial charge in [-0.25, -0.2) is 4.98 Å². The molecule has 0 saturated heterocycles. The number of aromatic nitrogens is 3. The first kappa shape index (κ1) is 18.2. The lowest BCUT2D eigenvalue weighted by atomic mass is 9.98. The van der Waals surface area contributed by atoms with Crippen LogP contribution in [-0.4, -0.2) is 33.7 Å². The molecule has 2 aromatic heterocycles. The Morgan fingerprint density at radius 3 is 2.86 bits per heavy atom. The number of anilines is 1. The van der Waals surface area contributed by atoms with Gasteiger partial charge in [0, 0.05) is 42.8 Å². The molecule has 2 aliphatic rings. The van der Waals surface area contributed by atoms with Crippen molar-refractivity contribution in [2.75, 3.05) is 11.9 Å². The summed E-state index contributed by atoms with van der Waals surface area (Å²) < 4.78 is 8.06. The summed E-state index contributed by atoms with van der Waals surface area (Å²) in [6.45, 7) is 0.527. The maximum atomic E-state index is 6.27. The van der Waals surface area contributed by atoms with Crippen LogP contribution in [0.3, 0.4) is 0 Å². The van der Waals surface area contributed by atoms with Crippen LogP contribution in [0.4, 0.5) is 5.82 Å². The van der Waals surface area contributed by atoms with Crippen molar-refractivity contribution in [3.05, 3.63) is 54.6 Å². The number of pyridine rings is 1. The van der Waals surface area contributed by atoms with Crippen molar-refractivity contribution < 1.29 is 4.74 Å². The minimum absolute atomic E-state index is 0.287. The average Bonchev–Trinajstić information content (AvgIpc) is 3.20. The standard InChI is InChI=1S/C23H27N5O/c1-27(18-5-3-2-4-17(24)13-18)22-9-8-21-20-7-6-19(28-11-10-25-15-28)12-16(20)14-29-23(21)26-22/h6-12,15,17-18H,2-5,13-14,24H2,1H3. The fourth-order valence-electron chi connectivity index (χ4n) is 4.53. The molecular formula is C23H27N5O. The van der Waals surface area contributed by atoms with E-state index in [1.54, 1.807) is 6.20 Å². The number of rotatable bonds is 3. The Morgan fingerprint density at radius 2 is 2.00 bits per heavy atom. The van der Waals surface area contributed by atoms with Gasteiger partial charge in [0.2, 0.25) is 5.88 Å². The topological polar surface area (TPSA) is 69.2 Å². The maximum absolute atomic E-state index is 6.27. The third-order valence-electron chi connectivity index (χ3n) is 6.24. The minimum atomic E-state index is 0.287. The second-order valence-corrected chi connectivity index (χ2v) is 8.17. The predicted molar refractivity (Wildman–Crippen MR) is 114 cm³/mol. The molecule has 2 N–H and O–H groups in total. The van der Waals surface area contributed by atoms with Gasteiger partial charge in [-0.05, 0) is 54.7 Å². The molecule has 6 heteroatoms. The van der Waals surface area contributed by atoms with Crippen LogP contribution in [0.1, 0.15) is 37.7 Å². The van der Waals surface area contributed by atoms with E-state index in [0.29, 0.717) is 12.6 Å². The van der Waals surface area contributed by atoms with E-state index in [4.69, 9.17) is 15.5 Å². The Hall–Kier alpha value is -2.86. The summed E-state index contributed by atoms with van der Waals surface area (Å²) in [7, 11) is 2.13. The number of hydrogen-bond acceptors (Lipinski definition) is 5. The van der Waals surface area contributed by atoms with Gasteiger partial charge in [0.1, 0.15) is 12.4 Å². The molecule has 0 spiro atoms. The molecule has 3 aromatic rings. The summed E-state index contributed by atoms with van der Waals surface area (Å²) in [4.78, 5) is 11.3. The van der Waals surface area contributed by atoms with Crippen LogP contribution in [-0.2, 0) is 6.61 Å². The first-order valence-corrected chi connectivity index (χ1v) is 10.4. The highest BCUT2D eigenvalue weighted by atomic mass is 16.5. The van der Waals surface area contributed by atoms with E-state index in [1.807, 2.05) is 17.1 Å². The second-order valence-electron chi connectivity index (χ2n) is 8.17. The van der Waals surface area contributed by atoms with Gasteiger partial charge in [0.15, 0.2) is 0 Å². The number of nitrogens with two attached hydrogens (primary N) is 1. The molecule has 5 rings (SSSR count). The van der Waals surface area contributed by atoms with Gasteiger partial charge >= 0.3 is 0 Å². The van der Waals surface area contributed by atoms with Crippen LogP contribution in [0.25, 0.3) is 16.8 Å². The van der Waals surface area contributed by atoms with E-state index in [9.17, 15) is 0 Å². The summed E-state index contributed by atoms with van der Waals surface area (Å²) in [5, 5.41) is 0. The first-order chi connectivity index (χ1) is 14.2. The molecule has 1 saturated carbocycles. The Labute approximate surface area is 171 Å². The normalized spacial score (nSPS) is 20.9. The number of hydrogen-bond donors (Lipinski definition) is 1. The van der Waals surface area contributed by atoms with Gasteiger partial charge in [-0.15, -0.1) is 0 Å². The SMILES string of the molecule is CN(c1ccc2c(n1)OCc1cc(-n3ccnc3)ccc1-2)C1CCCCC(N)C1. The van der Waals surface area contributed by atoms with Crippen LogP contribution in [0.2, 0.25) is 0 Å². The lowest BCUT2D eigenvalue weighted by Gasteiger charge is -2.30. The second kappa shape index (κ2) is 7.52. The van der Waals surface area contributed by atoms with Gasteiger partial charge in [0.25, 0.3) is 0 Å². The molecule has 2 unspecified atom stereocenters. The highest BCUT2D eigenvalue weighted by Gasteiger charge is 2.25. The molecule has 2 atom stereocenters. The number of fused-ring (bicyclic) bond motifs is 3. The molecule has 0 amide bonds. The van der Waals surface area contributed by atoms with Gasteiger partial charge in [-0.1, -0.05) is 18.9 Å². The molecule has 1 aliphatic heterocycles. The van der Waals surface area contributed by atoms with Crippen molar-refractivity contribution in [2.45, 2.75) is 50.8 Å². The molecular weight excluding hydrogens is 362 g/mol. The van der Waals surface area contributed by atoms with Crippen molar-refractivity contribution in [1.82, 2.24) is 14.5 Å². The Morgan fingerprint density at radius 1 is 1.14 bits per heavy atom. The number of benzene rings is 1. The van der Waals surface area contributed by atoms with Crippen LogP contribution in [0.15, 0.2) is 49.1 Å². The molecule has 3 heterocycles. The van der Waals surface area contributed by atoms with Crippen molar-refractivity contribution in [1.29, 1.82) is 0 Å². The lowest BCUT2D eigenvalue weighted by Crippen LogP contribution is -2.36. The van der Waals surface area contributed by atoms with Crippen molar-refractivity contribution in [3.8, 4) is 22.7 Å². The third-order valence-corrected chi connectivity index (χ3v) is 6.24. The summed E-state index contributed by atoms with van der Waals surface area (Å²) >= 11 is 0. The van der Waals surface area contributed by atoms with E-state index < -0.39 is 0 Å². The molecule has 1 aromatic carbocycles. The van der Waals surface area contributed by atoms with E-state index in [0.717, 1.165) is 35.8 Å². The fourth-order valence-corrected chi connectivity index (χ4v) is 4.53. The smallest absolute Gasteiger partial charge is 0.223 e. The van der Waals surface area contributed by atoms with Gasteiger partial charge < -0.3 is 19.9 Å². The van der Waals surface area contributed by atoms with E-state index >= 15 is 0 Å². The molecule has 0 bridgehead atoms. The fraction of sp³-hybridized carbons (Fsp3) is 0.391. The number of ether oxygens (including phenoxy) is 1. The van der Waals surface area contributed by atoms with Crippen LogP contribution < -0.4 is 15.4 Å². The van der Waals surface area contributed by atoms with Crippen molar-refractivity contribution >= 4 is 5.82 Å². The van der Waals surface area contributed by atoms with E-state index in [-0.39, 0.29) is 6.04 Å². The van der Waals surface area contributed by atoms with Crippen molar-refractivity contribution in [2.24, 2.45) is 5.73 Å². The zero-order valence-corrected chi connectivity index (χ0v) is 16.8. The molecule has 6 nitrogen and oxygen atoms in total. The molecule has 1 fully saturated rings. The highest BCUT2D eigenvalue weighted by molar-refractivity contribution is 5.75. The highest BCUT2D eigenvalue weighted by Crippen LogP contribution is 2.38. The molecule has 150 valence electrons. The Kier molecular flexibility index (Phi) is 4.72. The zero-order chi connectivity index (χ0) is 19.8. The Balaban J connectivity index is 1.43. The van der Waals surface area contributed by atoms with Crippen LogP contribution in [0.5, 0.6) is 5.88 Å².